The molecule has 2 rings (SSSR count). The Kier molecular flexibility index (Phi) is 5.55. The summed E-state index contributed by atoms with van der Waals surface area (Å²) in [6.07, 6.45) is 0. The lowest BCUT2D eigenvalue weighted by atomic mass is 10.1. The standard InChI is InChI=1S/C16H22ClN5/c1-5-22(11(2)3)16-20-14(17)19-15(21-16)18-12(4)13-9-7-6-8-10-13/h6-12H,5H2,1-4H3,(H,18,19,20,21)/t12-/m1/s1. The summed E-state index contributed by atoms with van der Waals surface area (Å²) < 4.78 is 0. The van der Waals surface area contributed by atoms with Crippen molar-refractivity contribution in [2.45, 2.75) is 39.8 Å². The molecule has 0 aliphatic rings. The molecule has 0 bridgehead atoms. The Morgan fingerprint density at radius 3 is 2.36 bits per heavy atom. The molecule has 0 aliphatic heterocycles. The summed E-state index contributed by atoms with van der Waals surface area (Å²) in [4.78, 5) is 15.0. The van der Waals surface area contributed by atoms with Gasteiger partial charge in [-0.15, -0.1) is 0 Å². The average molecular weight is 320 g/mol. The van der Waals surface area contributed by atoms with Crippen LogP contribution in [0, 0.1) is 0 Å². The van der Waals surface area contributed by atoms with E-state index in [1.54, 1.807) is 0 Å². The largest absolute Gasteiger partial charge is 0.348 e. The van der Waals surface area contributed by atoms with Crippen LogP contribution in [-0.2, 0) is 0 Å². The van der Waals surface area contributed by atoms with E-state index in [4.69, 9.17) is 11.6 Å². The first kappa shape index (κ1) is 16.5. The van der Waals surface area contributed by atoms with Crippen molar-refractivity contribution in [1.82, 2.24) is 15.0 Å². The van der Waals surface area contributed by atoms with Gasteiger partial charge in [0.1, 0.15) is 0 Å². The van der Waals surface area contributed by atoms with E-state index >= 15 is 0 Å². The molecule has 5 nitrogen and oxygen atoms in total. The van der Waals surface area contributed by atoms with E-state index in [2.05, 4.69) is 65.0 Å². The van der Waals surface area contributed by atoms with Crippen LogP contribution in [0.5, 0.6) is 0 Å². The first-order valence-corrected chi connectivity index (χ1v) is 7.88. The van der Waals surface area contributed by atoms with Gasteiger partial charge in [0.2, 0.25) is 17.2 Å². The molecule has 1 heterocycles. The van der Waals surface area contributed by atoms with Gasteiger partial charge in [-0.3, -0.25) is 0 Å². The third-order valence-corrected chi connectivity index (χ3v) is 3.63. The maximum Gasteiger partial charge on any atom is 0.231 e. The molecule has 0 spiro atoms. The van der Waals surface area contributed by atoms with Gasteiger partial charge in [0.05, 0.1) is 6.04 Å². The molecule has 22 heavy (non-hydrogen) atoms. The van der Waals surface area contributed by atoms with Crippen molar-refractivity contribution in [2.24, 2.45) is 0 Å². The van der Waals surface area contributed by atoms with E-state index in [9.17, 15) is 0 Å². The fourth-order valence-corrected chi connectivity index (χ4v) is 2.44. The Morgan fingerprint density at radius 1 is 1.09 bits per heavy atom. The average Bonchev–Trinajstić information content (AvgIpc) is 2.48. The van der Waals surface area contributed by atoms with E-state index < -0.39 is 0 Å². The maximum atomic E-state index is 6.06. The predicted octanol–water partition coefficient (Wildman–Crippen LogP) is 3.93. The Hall–Kier alpha value is -1.88. The molecule has 0 saturated carbocycles. The van der Waals surface area contributed by atoms with Crippen molar-refractivity contribution in [3.05, 3.63) is 41.2 Å². The number of benzene rings is 1. The van der Waals surface area contributed by atoms with Gasteiger partial charge in [-0.05, 0) is 44.9 Å². The number of hydrogen-bond acceptors (Lipinski definition) is 5. The summed E-state index contributed by atoms with van der Waals surface area (Å²) in [6.45, 7) is 9.14. The summed E-state index contributed by atoms with van der Waals surface area (Å²) in [5.74, 6) is 1.09. The van der Waals surface area contributed by atoms with E-state index in [0.29, 0.717) is 17.9 Å². The number of rotatable bonds is 6. The van der Waals surface area contributed by atoms with Gasteiger partial charge in [0.25, 0.3) is 0 Å². The molecule has 1 aromatic heterocycles. The maximum absolute atomic E-state index is 6.06. The number of halogens is 1. The monoisotopic (exact) mass is 319 g/mol. The summed E-state index contributed by atoms with van der Waals surface area (Å²) in [5.41, 5.74) is 1.16. The molecule has 2 aromatic rings. The van der Waals surface area contributed by atoms with E-state index in [1.807, 2.05) is 18.2 Å². The molecule has 0 fully saturated rings. The SMILES string of the molecule is CCN(c1nc(Cl)nc(N[C@H](C)c2ccccc2)n1)C(C)C. The molecule has 1 N–H and O–H groups in total. The molecule has 1 atom stereocenters. The van der Waals surface area contributed by atoms with Crippen molar-refractivity contribution in [2.75, 3.05) is 16.8 Å². The van der Waals surface area contributed by atoms with Crippen LogP contribution in [0.1, 0.15) is 39.3 Å². The van der Waals surface area contributed by atoms with Crippen molar-refractivity contribution in [3.63, 3.8) is 0 Å². The predicted molar refractivity (Wildman–Crippen MR) is 91.5 cm³/mol. The lowest BCUT2D eigenvalue weighted by Gasteiger charge is -2.25. The van der Waals surface area contributed by atoms with Gasteiger partial charge in [-0.1, -0.05) is 30.3 Å². The molecule has 1 aromatic carbocycles. The van der Waals surface area contributed by atoms with Gasteiger partial charge in [0, 0.05) is 12.6 Å². The summed E-state index contributed by atoms with van der Waals surface area (Å²) in [7, 11) is 0. The molecule has 0 unspecified atom stereocenters. The van der Waals surface area contributed by atoms with E-state index in [0.717, 1.165) is 12.1 Å². The third kappa shape index (κ3) is 4.07. The van der Waals surface area contributed by atoms with Crippen LogP contribution < -0.4 is 10.2 Å². The molecule has 118 valence electrons. The first-order chi connectivity index (χ1) is 10.5. The number of anilines is 2. The van der Waals surface area contributed by atoms with Crippen LogP contribution in [-0.4, -0.2) is 27.5 Å². The van der Waals surface area contributed by atoms with Gasteiger partial charge in [0.15, 0.2) is 0 Å². The van der Waals surface area contributed by atoms with Crippen LogP contribution in [0.15, 0.2) is 30.3 Å². The molecular formula is C16H22ClN5. The topological polar surface area (TPSA) is 53.9 Å². The number of nitrogens with one attached hydrogen (secondary N) is 1. The fraction of sp³-hybridized carbons (Fsp3) is 0.438. The normalized spacial score (nSPS) is 12.3. The zero-order valence-electron chi connectivity index (χ0n) is 13.4. The lowest BCUT2D eigenvalue weighted by molar-refractivity contribution is 0.677. The minimum atomic E-state index is 0.0849. The second-order valence-electron chi connectivity index (χ2n) is 5.38. The Morgan fingerprint density at radius 2 is 1.77 bits per heavy atom. The Bertz CT molecular complexity index is 603. The third-order valence-electron chi connectivity index (χ3n) is 3.46. The van der Waals surface area contributed by atoms with Crippen LogP contribution in [0.2, 0.25) is 5.28 Å². The van der Waals surface area contributed by atoms with Gasteiger partial charge < -0.3 is 10.2 Å². The van der Waals surface area contributed by atoms with Crippen LogP contribution >= 0.6 is 11.6 Å². The van der Waals surface area contributed by atoms with E-state index in [1.165, 1.54) is 0 Å². The lowest BCUT2D eigenvalue weighted by Crippen LogP contribution is -2.32. The molecule has 6 heteroatoms. The minimum absolute atomic E-state index is 0.0849. The van der Waals surface area contributed by atoms with Gasteiger partial charge in [-0.2, -0.15) is 15.0 Å². The zero-order valence-corrected chi connectivity index (χ0v) is 14.2. The highest BCUT2D eigenvalue weighted by Gasteiger charge is 2.15. The van der Waals surface area contributed by atoms with Crippen molar-refractivity contribution in [3.8, 4) is 0 Å². The highest BCUT2D eigenvalue weighted by atomic mass is 35.5. The second-order valence-corrected chi connectivity index (χ2v) is 5.72. The summed E-state index contributed by atoms with van der Waals surface area (Å²) >= 11 is 6.06. The summed E-state index contributed by atoms with van der Waals surface area (Å²) in [6, 6.07) is 10.5. The molecule has 0 radical (unpaired) electrons. The fourth-order valence-electron chi connectivity index (χ4n) is 2.29. The van der Waals surface area contributed by atoms with Crippen LogP contribution in [0.4, 0.5) is 11.9 Å². The smallest absolute Gasteiger partial charge is 0.231 e. The van der Waals surface area contributed by atoms with Crippen molar-refractivity contribution < 1.29 is 0 Å². The van der Waals surface area contributed by atoms with Gasteiger partial charge in [-0.25, -0.2) is 0 Å². The quantitative estimate of drug-likeness (QED) is 0.874. The molecule has 0 aliphatic carbocycles. The second kappa shape index (κ2) is 7.40. The van der Waals surface area contributed by atoms with Gasteiger partial charge >= 0.3 is 0 Å². The molecular weight excluding hydrogens is 298 g/mol. The Labute approximate surface area is 136 Å². The number of nitrogens with zero attached hydrogens (tertiary/aromatic N) is 4. The minimum Gasteiger partial charge on any atom is -0.348 e. The van der Waals surface area contributed by atoms with Crippen molar-refractivity contribution in [1.29, 1.82) is 0 Å². The first-order valence-electron chi connectivity index (χ1n) is 7.51. The number of hydrogen-bond donors (Lipinski definition) is 1. The number of aromatic nitrogens is 3. The van der Waals surface area contributed by atoms with E-state index in [-0.39, 0.29) is 11.3 Å². The molecule has 0 amide bonds. The summed E-state index contributed by atoms with van der Waals surface area (Å²) in [5, 5.41) is 3.48. The molecule has 0 saturated heterocycles. The highest BCUT2D eigenvalue weighted by molar-refractivity contribution is 6.28. The Balaban J connectivity index is 2.23. The van der Waals surface area contributed by atoms with Crippen LogP contribution in [0.3, 0.4) is 0 Å². The van der Waals surface area contributed by atoms with Crippen molar-refractivity contribution >= 4 is 23.5 Å². The zero-order chi connectivity index (χ0) is 16.1. The van der Waals surface area contributed by atoms with Crippen LogP contribution in [0.25, 0.3) is 0 Å². The highest BCUT2D eigenvalue weighted by Crippen LogP contribution is 2.20.